The van der Waals surface area contributed by atoms with Gasteiger partial charge in [-0.2, -0.15) is 0 Å². The average molecular weight is 621 g/mol. The van der Waals surface area contributed by atoms with E-state index in [1.54, 1.807) is 25.1 Å². The first-order valence-electron chi connectivity index (χ1n) is 13.5. The largest absolute Gasteiger partial charge is 0.352 e. The highest BCUT2D eigenvalue weighted by atomic mass is 35.5. The summed E-state index contributed by atoms with van der Waals surface area (Å²) in [5, 5.41) is 3.71. The lowest BCUT2D eigenvalue weighted by molar-refractivity contribution is -0.140. The first-order chi connectivity index (χ1) is 19.6. The van der Waals surface area contributed by atoms with Gasteiger partial charge in [0.15, 0.2) is 0 Å². The molecule has 1 aliphatic carbocycles. The molecular weight excluding hydrogens is 588 g/mol. The lowest BCUT2D eigenvalue weighted by atomic mass is 10.1. The van der Waals surface area contributed by atoms with Crippen molar-refractivity contribution in [2.75, 3.05) is 10.8 Å². The number of rotatable bonds is 11. The van der Waals surface area contributed by atoms with Crippen LogP contribution in [0.4, 0.5) is 10.1 Å². The van der Waals surface area contributed by atoms with Gasteiger partial charge in [-0.25, -0.2) is 12.8 Å². The molecule has 0 aromatic heterocycles. The predicted molar refractivity (Wildman–Crippen MR) is 159 cm³/mol. The van der Waals surface area contributed by atoms with Crippen LogP contribution in [0.1, 0.15) is 44.6 Å². The lowest BCUT2D eigenvalue weighted by Crippen LogP contribution is -2.53. The summed E-state index contributed by atoms with van der Waals surface area (Å²) < 4.78 is 42.3. The SMILES string of the molecule is CCC(C(=O)NC1CCCC1)N(Cc1ccc(F)cc1)C(=O)CN(c1cccc(Cl)c1)S(=O)(=O)c1ccc(Cl)cc1. The number of sulfonamides is 1. The number of halogens is 3. The van der Waals surface area contributed by atoms with Crippen LogP contribution in [0.3, 0.4) is 0 Å². The van der Waals surface area contributed by atoms with Gasteiger partial charge < -0.3 is 10.2 Å². The molecule has 1 aliphatic rings. The van der Waals surface area contributed by atoms with Crippen LogP contribution in [0.5, 0.6) is 0 Å². The number of carbonyl (C=O) groups excluding carboxylic acids is 2. The summed E-state index contributed by atoms with van der Waals surface area (Å²) in [6.45, 7) is 1.18. The van der Waals surface area contributed by atoms with E-state index in [4.69, 9.17) is 23.2 Å². The average Bonchev–Trinajstić information content (AvgIpc) is 3.45. The molecule has 0 heterocycles. The number of amides is 2. The highest BCUT2D eigenvalue weighted by molar-refractivity contribution is 7.92. The highest BCUT2D eigenvalue weighted by Gasteiger charge is 2.34. The van der Waals surface area contributed by atoms with E-state index in [0.717, 1.165) is 30.0 Å². The second kappa shape index (κ2) is 13.7. The fourth-order valence-corrected chi connectivity index (χ4v) is 6.68. The molecule has 1 saturated carbocycles. The summed E-state index contributed by atoms with van der Waals surface area (Å²) in [6, 6.07) is 16.6. The van der Waals surface area contributed by atoms with Gasteiger partial charge in [-0.1, -0.05) is 61.2 Å². The van der Waals surface area contributed by atoms with Crippen molar-refractivity contribution in [3.63, 3.8) is 0 Å². The van der Waals surface area contributed by atoms with Gasteiger partial charge in [0.1, 0.15) is 18.4 Å². The number of anilines is 1. The first kappa shape index (κ1) is 30.8. The molecule has 1 atom stereocenters. The number of hydrogen-bond acceptors (Lipinski definition) is 4. The molecule has 218 valence electrons. The van der Waals surface area contributed by atoms with E-state index < -0.39 is 34.3 Å². The van der Waals surface area contributed by atoms with Gasteiger partial charge in [-0.05, 0) is 79.4 Å². The minimum absolute atomic E-state index is 0.0138. The Balaban J connectivity index is 1.71. The third kappa shape index (κ3) is 7.78. The van der Waals surface area contributed by atoms with Gasteiger partial charge in [-0.15, -0.1) is 0 Å². The minimum Gasteiger partial charge on any atom is -0.352 e. The number of carbonyl (C=O) groups is 2. The summed E-state index contributed by atoms with van der Waals surface area (Å²) in [7, 11) is -4.25. The summed E-state index contributed by atoms with van der Waals surface area (Å²) >= 11 is 12.2. The van der Waals surface area contributed by atoms with Crippen LogP contribution >= 0.6 is 23.2 Å². The van der Waals surface area contributed by atoms with Crippen molar-refractivity contribution >= 4 is 50.7 Å². The van der Waals surface area contributed by atoms with Crippen LogP contribution in [0.15, 0.2) is 77.7 Å². The van der Waals surface area contributed by atoms with Gasteiger partial charge >= 0.3 is 0 Å². The quantitative estimate of drug-likeness (QED) is 0.277. The molecule has 3 aromatic carbocycles. The minimum atomic E-state index is -4.25. The Morgan fingerprint density at radius 2 is 1.63 bits per heavy atom. The van der Waals surface area contributed by atoms with E-state index in [1.165, 1.54) is 59.5 Å². The Morgan fingerprint density at radius 1 is 0.976 bits per heavy atom. The standard InChI is InChI=1S/C30H32Cl2FN3O4S/c1-2-28(30(38)34-25-7-3-4-8-25)35(19-21-10-14-24(33)15-11-21)29(37)20-36(26-9-5-6-23(32)18-26)41(39,40)27-16-12-22(31)13-17-27/h5-6,9-18,25,28H,2-4,7-8,19-20H2,1H3,(H,34,38). The summed E-state index contributed by atoms with van der Waals surface area (Å²) in [5.74, 6) is -1.33. The van der Waals surface area contributed by atoms with Crippen molar-refractivity contribution in [2.24, 2.45) is 0 Å². The zero-order valence-corrected chi connectivity index (χ0v) is 24.9. The van der Waals surface area contributed by atoms with Gasteiger partial charge in [0.2, 0.25) is 11.8 Å². The summed E-state index contributed by atoms with van der Waals surface area (Å²) in [6.07, 6.45) is 4.09. The first-order valence-corrected chi connectivity index (χ1v) is 15.7. The van der Waals surface area contributed by atoms with E-state index in [9.17, 15) is 22.4 Å². The lowest BCUT2D eigenvalue weighted by Gasteiger charge is -2.33. The molecule has 11 heteroatoms. The molecule has 0 bridgehead atoms. The predicted octanol–water partition coefficient (Wildman–Crippen LogP) is 6.19. The maximum absolute atomic E-state index is 14.1. The van der Waals surface area contributed by atoms with Crippen molar-refractivity contribution < 1.29 is 22.4 Å². The Kier molecular flexibility index (Phi) is 10.3. The Bertz CT molecular complexity index is 1460. The van der Waals surface area contributed by atoms with E-state index >= 15 is 0 Å². The molecule has 0 aliphatic heterocycles. The van der Waals surface area contributed by atoms with Crippen LogP contribution in [-0.4, -0.2) is 43.8 Å². The van der Waals surface area contributed by atoms with Crippen molar-refractivity contribution in [1.82, 2.24) is 10.2 Å². The van der Waals surface area contributed by atoms with E-state index in [1.807, 2.05) is 0 Å². The van der Waals surface area contributed by atoms with Crippen LogP contribution in [0, 0.1) is 5.82 Å². The zero-order valence-electron chi connectivity index (χ0n) is 22.6. The molecule has 0 radical (unpaired) electrons. The van der Waals surface area contributed by atoms with Gasteiger partial charge in [0, 0.05) is 22.6 Å². The fraction of sp³-hybridized carbons (Fsp3) is 0.333. The fourth-order valence-electron chi connectivity index (χ4n) is 4.97. The molecule has 1 fully saturated rings. The second-order valence-corrected chi connectivity index (χ2v) is 12.7. The maximum atomic E-state index is 14.1. The van der Waals surface area contributed by atoms with Crippen molar-refractivity contribution in [3.8, 4) is 0 Å². The summed E-state index contributed by atoms with van der Waals surface area (Å²) in [5.41, 5.74) is 0.785. The molecule has 1 unspecified atom stereocenters. The third-order valence-corrected chi connectivity index (χ3v) is 9.41. The molecule has 0 spiro atoms. The second-order valence-electron chi connectivity index (χ2n) is 10.0. The monoisotopic (exact) mass is 619 g/mol. The molecule has 41 heavy (non-hydrogen) atoms. The molecule has 4 rings (SSSR count). The Hall–Kier alpha value is -3.14. The number of nitrogens with one attached hydrogen (secondary N) is 1. The highest BCUT2D eigenvalue weighted by Crippen LogP contribution is 2.28. The molecule has 0 saturated heterocycles. The van der Waals surface area contributed by atoms with Crippen molar-refractivity contribution in [1.29, 1.82) is 0 Å². The molecule has 2 amide bonds. The van der Waals surface area contributed by atoms with Crippen LogP contribution in [0.2, 0.25) is 10.0 Å². The van der Waals surface area contributed by atoms with Crippen LogP contribution in [0.25, 0.3) is 0 Å². The van der Waals surface area contributed by atoms with Crippen LogP contribution < -0.4 is 9.62 Å². The van der Waals surface area contributed by atoms with Crippen molar-refractivity contribution in [2.45, 2.75) is 62.6 Å². The third-order valence-electron chi connectivity index (χ3n) is 7.13. The van der Waals surface area contributed by atoms with E-state index in [0.29, 0.717) is 17.0 Å². The molecule has 7 nitrogen and oxygen atoms in total. The maximum Gasteiger partial charge on any atom is 0.264 e. The van der Waals surface area contributed by atoms with E-state index in [2.05, 4.69) is 5.32 Å². The normalized spacial score (nSPS) is 14.4. The molecule has 1 N–H and O–H groups in total. The Morgan fingerprint density at radius 3 is 2.24 bits per heavy atom. The molecular formula is C30H32Cl2FN3O4S. The molecule has 3 aromatic rings. The van der Waals surface area contributed by atoms with Gasteiger partial charge in [-0.3, -0.25) is 13.9 Å². The topological polar surface area (TPSA) is 86.8 Å². The summed E-state index contributed by atoms with van der Waals surface area (Å²) in [4.78, 5) is 28.8. The Labute approximate surface area is 250 Å². The van der Waals surface area contributed by atoms with Gasteiger partial charge in [0.25, 0.3) is 10.0 Å². The van der Waals surface area contributed by atoms with Gasteiger partial charge in [0.05, 0.1) is 10.6 Å². The smallest absolute Gasteiger partial charge is 0.264 e. The number of nitrogens with zero attached hydrogens (tertiary/aromatic N) is 2. The number of hydrogen-bond donors (Lipinski definition) is 1. The van der Waals surface area contributed by atoms with Crippen LogP contribution in [-0.2, 0) is 26.2 Å². The van der Waals surface area contributed by atoms with E-state index in [-0.39, 0.29) is 34.1 Å². The van der Waals surface area contributed by atoms with Crippen molar-refractivity contribution in [3.05, 3.63) is 94.2 Å². The zero-order chi connectivity index (χ0) is 29.6. The number of benzene rings is 3.